The number of carboxylic acids is 1. The van der Waals surface area contributed by atoms with E-state index in [2.05, 4.69) is 22.6 Å². The van der Waals surface area contributed by atoms with Crippen molar-refractivity contribution >= 4 is 63.8 Å². The molecule has 8 nitrogen and oxygen atoms in total. The van der Waals surface area contributed by atoms with Crippen molar-refractivity contribution < 1.29 is 29.0 Å². The molecule has 0 spiro atoms. The lowest BCUT2D eigenvalue weighted by atomic mass is 10.1. The van der Waals surface area contributed by atoms with Crippen LogP contribution in [0.15, 0.2) is 42.0 Å². The minimum absolute atomic E-state index is 0.000892. The van der Waals surface area contributed by atoms with E-state index in [0.29, 0.717) is 23.7 Å². The highest BCUT2D eigenvalue weighted by molar-refractivity contribution is 14.1. The number of carboxylic acid groups (broad SMARTS) is 1. The molecule has 3 rings (SSSR count). The Bertz CT molecular complexity index is 1140. The van der Waals surface area contributed by atoms with Crippen LogP contribution in [0.5, 0.6) is 11.5 Å². The number of nitrogens with zero attached hydrogens (tertiary/aromatic N) is 2. The molecule has 2 aromatic rings. The van der Waals surface area contributed by atoms with Crippen molar-refractivity contribution in [3.63, 3.8) is 0 Å². The number of amides is 2. The van der Waals surface area contributed by atoms with Gasteiger partial charge in [0.2, 0.25) is 0 Å². The van der Waals surface area contributed by atoms with Crippen LogP contribution < -0.4 is 9.47 Å². The number of halogens is 1. The third kappa shape index (κ3) is 5.33. The first kappa shape index (κ1) is 24.6. The van der Waals surface area contributed by atoms with Crippen LogP contribution in [0.3, 0.4) is 0 Å². The minimum atomic E-state index is -0.991. The average Bonchev–Trinajstić information content (AvgIpc) is 2.79. The van der Waals surface area contributed by atoms with E-state index in [9.17, 15) is 14.4 Å². The number of rotatable bonds is 7. The molecule has 1 saturated heterocycles. The molecular weight excluding hydrogens is 559 g/mol. The van der Waals surface area contributed by atoms with Gasteiger partial charge in [-0.1, -0.05) is 12.1 Å². The number of hydrogen-bond acceptors (Lipinski definition) is 6. The van der Waals surface area contributed by atoms with Gasteiger partial charge in [-0.3, -0.25) is 19.4 Å². The summed E-state index contributed by atoms with van der Waals surface area (Å²) >= 11 is 7.22. The zero-order valence-electron chi connectivity index (χ0n) is 18.1. The number of likely N-dealkylation sites (N-methyl/N-ethyl adjacent to an activating group) is 2. The van der Waals surface area contributed by atoms with Crippen LogP contribution in [0.4, 0.5) is 0 Å². The lowest BCUT2D eigenvalue weighted by Gasteiger charge is -2.31. The van der Waals surface area contributed by atoms with Gasteiger partial charge in [0.25, 0.3) is 11.8 Å². The number of benzene rings is 2. The second-order valence-corrected chi connectivity index (χ2v) is 8.65. The third-order valence-electron chi connectivity index (χ3n) is 4.87. The quantitative estimate of drug-likeness (QED) is 0.232. The van der Waals surface area contributed by atoms with Crippen LogP contribution >= 0.6 is 34.8 Å². The predicted octanol–water partition coefficient (Wildman–Crippen LogP) is 3.57. The standard InChI is InChI=1S/C23H21IN2O6S/c1-4-31-18-11-14(9-16-20(27)25(2)23(33)26(3)21(16)28)10-17(24)19(18)32-12-13-5-7-15(8-6-13)22(29)30/h5-11H,4,12H2,1-3H3,(H,29,30). The molecule has 0 radical (unpaired) electrons. The molecule has 33 heavy (non-hydrogen) atoms. The molecule has 2 aromatic carbocycles. The Balaban J connectivity index is 1.90. The highest BCUT2D eigenvalue weighted by Crippen LogP contribution is 2.36. The third-order valence-corrected chi connectivity index (χ3v) is 6.22. The second kappa shape index (κ2) is 10.3. The Kier molecular flexibility index (Phi) is 7.69. The molecule has 1 N–H and O–H groups in total. The molecule has 1 aliphatic heterocycles. The maximum Gasteiger partial charge on any atom is 0.335 e. The van der Waals surface area contributed by atoms with Crippen molar-refractivity contribution in [3.8, 4) is 11.5 Å². The normalized spacial score (nSPS) is 13.9. The van der Waals surface area contributed by atoms with Crippen LogP contribution in [0.25, 0.3) is 6.08 Å². The van der Waals surface area contributed by atoms with E-state index in [1.807, 2.05) is 6.92 Å². The Hall–Kier alpha value is -2.99. The van der Waals surface area contributed by atoms with Gasteiger partial charge < -0.3 is 14.6 Å². The number of thiocarbonyl (C=S) groups is 1. The summed E-state index contributed by atoms with van der Waals surface area (Å²) in [6, 6.07) is 9.90. The second-order valence-electron chi connectivity index (χ2n) is 7.12. The number of hydrogen-bond donors (Lipinski definition) is 1. The Morgan fingerprint density at radius 3 is 2.24 bits per heavy atom. The molecular formula is C23H21IN2O6S. The van der Waals surface area contributed by atoms with Crippen LogP contribution in [-0.4, -0.2) is 58.5 Å². The van der Waals surface area contributed by atoms with Crippen molar-refractivity contribution in [1.82, 2.24) is 9.80 Å². The van der Waals surface area contributed by atoms with Gasteiger partial charge in [-0.15, -0.1) is 0 Å². The summed E-state index contributed by atoms with van der Waals surface area (Å²) in [6.07, 6.45) is 1.51. The maximum atomic E-state index is 12.6. The predicted molar refractivity (Wildman–Crippen MR) is 134 cm³/mol. The fraction of sp³-hybridized carbons (Fsp3) is 0.217. The lowest BCUT2D eigenvalue weighted by Crippen LogP contribution is -2.52. The zero-order chi connectivity index (χ0) is 24.3. The van der Waals surface area contributed by atoms with E-state index < -0.39 is 17.8 Å². The fourth-order valence-electron chi connectivity index (χ4n) is 3.12. The van der Waals surface area contributed by atoms with Gasteiger partial charge >= 0.3 is 5.97 Å². The van der Waals surface area contributed by atoms with Crippen molar-refractivity contribution in [3.05, 3.63) is 62.2 Å². The molecule has 172 valence electrons. The van der Waals surface area contributed by atoms with E-state index in [4.69, 9.17) is 26.8 Å². The van der Waals surface area contributed by atoms with E-state index in [-0.39, 0.29) is 22.9 Å². The monoisotopic (exact) mass is 580 g/mol. The van der Waals surface area contributed by atoms with Crippen LogP contribution in [0.2, 0.25) is 0 Å². The van der Waals surface area contributed by atoms with E-state index in [0.717, 1.165) is 9.13 Å². The van der Waals surface area contributed by atoms with Crippen molar-refractivity contribution in [2.75, 3.05) is 20.7 Å². The highest BCUT2D eigenvalue weighted by Gasteiger charge is 2.35. The highest BCUT2D eigenvalue weighted by atomic mass is 127. The summed E-state index contributed by atoms with van der Waals surface area (Å²) in [4.78, 5) is 38.7. The SMILES string of the molecule is CCOc1cc(C=C2C(=O)N(C)C(=S)N(C)C2=O)cc(I)c1OCc1ccc(C(=O)O)cc1. The van der Waals surface area contributed by atoms with Gasteiger partial charge in [-0.05, 0) is 83.2 Å². The minimum Gasteiger partial charge on any atom is -0.490 e. The van der Waals surface area contributed by atoms with Crippen molar-refractivity contribution in [2.24, 2.45) is 0 Å². The summed E-state index contributed by atoms with van der Waals surface area (Å²) in [5.74, 6) is -0.957. The van der Waals surface area contributed by atoms with Gasteiger partial charge in [0, 0.05) is 14.1 Å². The molecule has 1 aliphatic rings. The zero-order valence-corrected chi connectivity index (χ0v) is 21.1. The summed E-state index contributed by atoms with van der Waals surface area (Å²) < 4.78 is 12.4. The number of aromatic carboxylic acids is 1. The summed E-state index contributed by atoms with van der Waals surface area (Å²) in [7, 11) is 3.05. The molecule has 1 fully saturated rings. The van der Waals surface area contributed by atoms with Crippen molar-refractivity contribution in [1.29, 1.82) is 0 Å². The largest absolute Gasteiger partial charge is 0.490 e. The average molecular weight is 580 g/mol. The first-order valence-corrected chi connectivity index (χ1v) is 11.4. The fourth-order valence-corrected chi connectivity index (χ4v) is 4.06. The first-order chi connectivity index (χ1) is 15.6. The maximum absolute atomic E-state index is 12.6. The van der Waals surface area contributed by atoms with Gasteiger partial charge in [0.1, 0.15) is 12.2 Å². The molecule has 0 aromatic heterocycles. The Morgan fingerprint density at radius 2 is 1.70 bits per heavy atom. The van der Waals surface area contributed by atoms with Gasteiger partial charge in [-0.2, -0.15) is 0 Å². The topological polar surface area (TPSA) is 96.4 Å². The van der Waals surface area contributed by atoms with Gasteiger partial charge in [0.15, 0.2) is 16.6 Å². The van der Waals surface area contributed by atoms with Gasteiger partial charge in [0.05, 0.1) is 15.7 Å². The van der Waals surface area contributed by atoms with Crippen LogP contribution in [-0.2, 0) is 16.2 Å². The molecule has 0 atom stereocenters. The molecule has 0 saturated carbocycles. The molecule has 0 bridgehead atoms. The number of carbonyl (C=O) groups is 3. The van der Waals surface area contributed by atoms with Crippen LogP contribution in [0.1, 0.15) is 28.4 Å². The Morgan fingerprint density at radius 1 is 1.09 bits per heavy atom. The molecule has 1 heterocycles. The molecule has 0 aliphatic carbocycles. The van der Waals surface area contributed by atoms with E-state index in [1.165, 1.54) is 42.1 Å². The Labute approximate surface area is 209 Å². The lowest BCUT2D eigenvalue weighted by molar-refractivity contribution is -0.132. The molecule has 10 heteroatoms. The van der Waals surface area contributed by atoms with Gasteiger partial charge in [-0.25, -0.2) is 4.79 Å². The van der Waals surface area contributed by atoms with E-state index >= 15 is 0 Å². The molecule has 0 unspecified atom stereocenters. The van der Waals surface area contributed by atoms with Crippen molar-refractivity contribution in [2.45, 2.75) is 13.5 Å². The van der Waals surface area contributed by atoms with Crippen LogP contribution in [0, 0.1) is 3.57 Å². The first-order valence-electron chi connectivity index (χ1n) is 9.87. The number of carbonyl (C=O) groups excluding carboxylic acids is 2. The smallest absolute Gasteiger partial charge is 0.335 e. The molecule has 2 amide bonds. The summed E-state index contributed by atoms with van der Waals surface area (Å²) in [5.41, 5.74) is 1.60. The number of ether oxygens (including phenoxy) is 2. The summed E-state index contributed by atoms with van der Waals surface area (Å²) in [5, 5.41) is 9.17. The summed E-state index contributed by atoms with van der Waals surface area (Å²) in [6.45, 7) is 2.43. The van der Waals surface area contributed by atoms with E-state index in [1.54, 1.807) is 24.3 Å².